The summed E-state index contributed by atoms with van der Waals surface area (Å²) in [6, 6.07) is 13.7. The lowest BCUT2D eigenvalue weighted by Crippen LogP contribution is -2.17. The molecule has 0 spiro atoms. The van der Waals surface area contributed by atoms with Gasteiger partial charge in [-0.2, -0.15) is 0 Å². The van der Waals surface area contributed by atoms with Crippen LogP contribution in [0.1, 0.15) is 5.56 Å². The number of ether oxygens (including phenoxy) is 2. The van der Waals surface area contributed by atoms with Crippen LogP contribution in [-0.4, -0.2) is 12.6 Å². The number of thioether (sulfide) groups is 1. The van der Waals surface area contributed by atoms with Crippen molar-refractivity contribution >= 4 is 11.8 Å². The number of alkyl halides is 3. The van der Waals surface area contributed by atoms with Crippen LogP contribution in [0.5, 0.6) is 11.5 Å². The number of halogens is 3. The predicted molar refractivity (Wildman–Crippen MR) is 75.7 cm³/mol. The summed E-state index contributed by atoms with van der Waals surface area (Å²) in [5.41, 5.74) is 0.865. The Morgan fingerprint density at radius 3 is 2.33 bits per heavy atom. The Balaban J connectivity index is 2.17. The summed E-state index contributed by atoms with van der Waals surface area (Å²) in [5.74, 6) is -0.265. The van der Waals surface area contributed by atoms with Crippen molar-refractivity contribution in [2.45, 2.75) is 17.9 Å². The fourth-order valence-corrected chi connectivity index (χ4v) is 2.10. The van der Waals surface area contributed by atoms with Gasteiger partial charge in [0.2, 0.25) is 0 Å². The first-order chi connectivity index (χ1) is 9.98. The van der Waals surface area contributed by atoms with Gasteiger partial charge in [-0.1, -0.05) is 30.3 Å². The van der Waals surface area contributed by atoms with E-state index in [-0.39, 0.29) is 18.1 Å². The molecule has 2 nitrogen and oxygen atoms in total. The molecular formula is C15H13F3O2S. The molecule has 0 aromatic heterocycles. The molecule has 0 amide bonds. The molecule has 0 aliphatic carbocycles. The highest BCUT2D eigenvalue weighted by Crippen LogP contribution is 2.35. The minimum absolute atomic E-state index is 0.0639. The van der Waals surface area contributed by atoms with Crippen LogP contribution in [0.2, 0.25) is 0 Å². The first-order valence-electron chi connectivity index (χ1n) is 6.08. The van der Waals surface area contributed by atoms with Gasteiger partial charge in [-0.3, -0.25) is 0 Å². The Kier molecular flexibility index (Phi) is 5.01. The molecule has 0 atom stereocenters. The van der Waals surface area contributed by atoms with E-state index in [1.807, 2.05) is 30.3 Å². The average Bonchev–Trinajstić information content (AvgIpc) is 2.45. The minimum Gasteiger partial charge on any atom is -0.485 e. The molecule has 0 fully saturated rings. The topological polar surface area (TPSA) is 18.5 Å². The Bertz CT molecular complexity index is 585. The number of hydrogen-bond donors (Lipinski definition) is 0. The lowest BCUT2D eigenvalue weighted by Gasteiger charge is -2.15. The molecule has 0 aliphatic rings. The van der Waals surface area contributed by atoms with E-state index in [2.05, 4.69) is 4.74 Å². The van der Waals surface area contributed by atoms with Crippen molar-refractivity contribution in [1.82, 2.24) is 0 Å². The van der Waals surface area contributed by atoms with E-state index >= 15 is 0 Å². The summed E-state index contributed by atoms with van der Waals surface area (Å²) in [5, 5.41) is 0. The van der Waals surface area contributed by atoms with Gasteiger partial charge in [0.15, 0.2) is 11.5 Å². The van der Waals surface area contributed by atoms with Crippen molar-refractivity contribution in [2.75, 3.05) is 6.26 Å². The summed E-state index contributed by atoms with van der Waals surface area (Å²) in [6.45, 7) is 0.174. The van der Waals surface area contributed by atoms with E-state index < -0.39 is 6.36 Å². The Morgan fingerprint density at radius 2 is 1.71 bits per heavy atom. The summed E-state index contributed by atoms with van der Waals surface area (Å²) in [4.78, 5) is 0.668. The monoisotopic (exact) mass is 314 g/mol. The quantitative estimate of drug-likeness (QED) is 0.732. The molecule has 21 heavy (non-hydrogen) atoms. The second-order valence-electron chi connectivity index (χ2n) is 4.13. The summed E-state index contributed by atoms with van der Waals surface area (Å²) >= 11 is 1.33. The average molecular weight is 314 g/mol. The van der Waals surface area contributed by atoms with Gasteiger partial charge in [-0.05, 0) is 30.0 Å². The van der Waals surface area contributed by atoms with Gasteiger partial charge < -0.3 is 9.47 Å². The molecule has 0 saturated heterocycles. The number of hydrogen-bond acceptors (Lipinski definition) is 3. The molecule has 0 bridgehead atoms. The summed E-state index contributed by atoms with van der Waals surface area (Å²) < 4.78 is 46.8. The van der Waals surface area contributed by atoms with Crippen LogP contribution in [0.3, 0.4) is 0 Å². The van der Waals surface area contributed by atoms with Crippen molar-refractivity contribution in [3.8, 4) is 11.5 Å². The molecule has 2 rings (SSSR count). The Morgan fingerprint density at radius 1 is 1.00 bits per heavy atom. The second kappa shape index (κ2) is 6.76. The van der Waals surface area contributed by atoms with Crippen molar-refractivity contribution < 1.29 is 22.6 Å². The third-order valence-corrected chi connectivity index (χ3v) is 3.34. The fraction of sp³-hybridized carbons (Fsp3) is 0.200. The smallest absolute Gasteiger partial charge is 0.485 e. The van der Waals surface area contributed by atoms with Gasteiger partial charge in [-0.15, -0.1) is 24.9 Å². The first kappa shape index (κ1) is 15.6. The zero-order valence-electron chi connectivity index (χ0n) is 11.2. The van der Waals surface area contributed by atoms with Crippen LogP contribution in [0.15, 0.2) is 53.4 Å². The third kappa shape index (κ3) is 4.90. The maximum absolute atomic E-state index is 12.4. The van der Waals surface area contributed by atoms with Gasteiger partial charge in [-0.25, -0.2) is 0 Å². The lowest BCUT2D eigenvalue weighted by molar-refractivity contribution is -0.275. The van der Waals surface area contributed by atoms with Crippen molar-refractivity contribution in [3.05, 3.63) is 54.1 Å². The van der Waals surface area contributed by atoms with Crippen LogP contribution in [0.4, 0.5) is 13.2 Å². The highest BCUT2D eigenvalue weighted by Gasteiger charge is 2.32. The number of benzene rings is 2. The molecule has 0 radical (unpaired) electrons. The molecule has 0 heterocycles. The molecule has 0 aliphatic heterocycles. The largest absolute Gasteiger partial charge is 0.573 e. The molecule has 0 unspecified atom stereocenters. The van der Waals surface area contributed by atoms with Crippen LogP contribution in [0, 0.1) is 0 Å². The van der Waals surface area contributed by atoms with Gasteiger partial charge >= 0.3 is 6.36 Å². The van der Waals surface area contributed by atoms with E-state index in [1.54, 1.807) is 12.3 Å². The minimum atomic E-state index is -4.75. The van der Waals surface area contributed by atoms with E-state index in [4.69, 9.17) is 4.74 Å². The van der Waals surface area contributed by atoms with E-state index in [9.17, 15) is 13.2 Å². The molecule has 2 aromatic carbocycles. The molecule has 0 saturated carbocycles. The highest BCUT2D eigenvalue weighted by atomic mass is 32.2. The highest BCUT2D eigenvalue weighted by molar-refractivity contribution is 7.98. The molecule has 6 heteroatoms. The summed E-state index contributed by atoms with van der Waals surface area (Å²) in [6.07, 6.45) is -2.97. The predicted octanol–water partition coefficient (Wildman–Crippen LogP) is 4.89. The molecule has 2 aromatic rings. The van der Waals surface area contributed by atoms with E-state index in [0.29, 0.717) is 4.90 Å². The number of rotatable bonds is 5. The fourth-order valence-electron chi connectivity index (χ4n) is 1.67. The van der Waals surface area contributed by atoms with Crippen LogP contribution in [0.25, 0.3) is 0 Å². The van der Waals surface area contributed by atoms with Crippen molar-refractivity contribution in [1.29, 1.82) is 0 Å². The maximum atomic E-state index is 12.4. The molecular weight excluding hydrogens is 301 g/mol. The zero-order chi connectivity index (χ0) is 15.3. The van der Waals surface area contributed by atoms with Crippen LogP contribution >= 0.6 is 11.8 Å². The van der Waals surface area contributed by atoms with Gasteiger partial charge in [0.1, 0.15) is 6.61 Å². The molecule has 0 N–H and O–H groups in total. The molecule has 112 valence electrons. The van der Waals surface area contributed by atoms with Crippen molar-refractivity contribution in [2.24, 2.45) is 0 Å². The van der Waals surface area contributed by atoms with Gasteiger partial charge in [0.05, 0.1) is 0 Å². The second-order valence-corrected chi connectivity index (χ2v) is 5.01. The Labute approximate surface area is 124 Å². The Hall–Kier alpha value is -1.82. The summed E-state index contributed by atoms with van der Waals surface area (Å²) in [7, 11) is 0. The van der Waals surface area contributed by atoms with Crippen molar-refractivity contribution in [3.63, 3.8) is 0 Å². The first-order valence-corrected chi connectivity index (χ1v) is 7.31. The lowest BCUT2D eigenvalue weighted by atomic mass is 10.2. The van der Waals surface area contributed by atoms with Gasteiger partial charge in [0, 0.05) is 4.90 Å². The third-order valence-electron chi connectivity index (χ3n) is 2.61. The normalized spacial score (nSPS) is 11.2. The van der Waals surface area contributed by atoms with Crippen LogP contribution in [-0.2, 0) is 6.61 Å². The van der Waals surface area contributed by atoms with Gasteiger partial charge in [0.25, 0.3) is 0 Å². The maximum Gasteiger partial charge on any atom is 0.573 e. The zero-order valence-corrected chi connectivity index (χ0v) is 12.0. The standard InChI is InChI=1S/C15H13F3O2S/c1-21-12-7-8-13(14(9-12)20-15(16,17)18)19-10-11-5-3-2-4-6-11/h2-9H,10H2,1H3. The van der Waals surface area contributed by atoms with E-state index in [1.165, 1.54) is 23.9 Å². The van der Waals surface area contributed by atoms with Crippen LogP contribution < -0.4 is 9.47 Å². The van der Waals surface area contributed by atoms with E-state index in [0.717, 1.165) is 5.56 Å². The SMILES string of the molecule is CSc1ccc(OCc2ccccc2)c(OC(F)(F)F)c1.